The Balaban J connectivity index is 2.11. The zero-order chi connectivity index (χ0) is 13.7. The third-order valence-electron chi connectivity index (χ3n) is 3.71. The van der Waals surface area contributed by atoms with Crippen molar-refractivity contribution in [1.82, 2.24) is 0 Å². The number of hydrogen-bond acceptors (Lipinski definition) is 1. The number of benzene rings is 1. The minimum atomic E-state index is 0.669. The summed E-state index contributed by atoms with van der Waals surface area (Å²) in [6, 6.07) is 11.6. The molecule has 0 radical (unpaired) electrons. The van der Waals surface area contributed by atoms with Gasteiger partial charge in [0.25, 0.3) is 0 Å². The first kappa shape index (κ1) is 14.6. The van der Waals surface area contributed by atoms with E-state index in [1.54, 1.807) is 5.04 Å². The van der Waals surface area contributed by atoms with E-state index in [0.717, 1.165) is 0 Å². The quantitative estimate of drug-likeness (QED) is 0.703. The number of unbranched alkanes of at least 4 members (excludes halogenated alkanes) is 1. The van der Waals surface area contributed by atoms with Gasteiger partial charge in [-0.25, -0.2) is 4.58 Å². The van der Waals surface area contributed by atoms with E-state index in [4.69, 9.17) is 0 Å². The molecule has 0 N–H and O–H groups in total. The van der Waals surface area contributed by atoms with Crippen molar-refractivity contribution in [1.29, 1.82) is 0 Å². The molecule has 0 saturated carbocycles. The molecule has 1 aliphatic heterocycles. The summed E-state index contributed by atoms with van der Waals surface area (Å²) in [6.07, 6.45) is 3.78. The van der Waals surface area contributed by atoms with Gasteiger partial charge >= 0.3 is 0 Å². The molecule has 1 nitrogen and oxygen atoms in total. The predicted octanol–water partition coefficient (Wildman–Crippen LogP) is 4.21. The van der Waals surface area contributed by atoms with Crippen LogP contribution in [0.25, 0.3) is 0 Å². The van der Waals surface area contributed by atoms with Crippen molar-refractivity contribution in [2.45, 2.75) is 46.1 Å². The van der Waals surface area contributed by atoms with Crippen LogP contribution in [0.2, 0.25) is 0 Å². The minimum absolute atomic E-state index is 0.669. The maximum Gasteiger partial charge on any atom is 0.213 e. The molecule has 1 aromatic rings. The van der Waals surface area contributed by atoms with Gasteiger partial charge in [0.1, 0.15) is 6.54 Å². The Morgan fingerprint density at radius 3 is 2.63 bits per heavy atom. The standard InChI is InChI=1S/C17H26NS/c1-4-5-11-18-16(13-19-17(18)14(2)3)12-15-9-7-6-8-10-15/h6-10,14,16H,4-5,11-13H2,1-3H3/q+1/t16-/m0/s1. The van der Waals surface area contributed by atoms with Crippen LogP contribution in [0.3, 0.4) is 0 Å². The van der Waals surface area contributed by atoms with Crippen LogP contribution in [-0.4, -0.2) is 28.0 Å². The highest BCUT2D eigenvalue weighted by atomic mass is 32.2. The van der Waals surface area contributed by atoms with Crippen molar-refractivity contribution < 1.29 is 4.58 Å². The fourth-order valence-corrected chi connectivity index (χ4v) is 4.11. The summed E-state index contributed by atoms with van der Waals surface area (Å²) in [4.78, 5) is 0. The molecule has 0 spiro atoms. The van der Waals surface area contributed by atoms with Crippen LogP contribution in [0.4, 0.5) is 0 Å². The summed E-state index contributed by atoms with van der Waals surface area (Å²) in [5.41, 5.74) is 1.47. The summed E-state index contributed by atoms with van der Waals surface area (Å²) in [5, 5.41) is 1.61. The smallest absolute Gasteiger partial charge is 0.213 e. The largest absolute Gasteiger partial charge is 0.224 e. The molecule has 0 fully saturated rings. The summed E-state index contributed by atoms with van der Waals surface area (Å²) in [5.74, 6) is 1.93. The second-order valence-electron chi connectivity index (χ2n) is 5.69. The molecule has 2 heteroatoms. The number of hydrogen-bond donors (Lipinski definition) is 0. The Morgan fingerprint density at radius 1 is 1.26 bits per heavy atom. The number of nitrogens with zero attached hydrogens (tertiary/aromatic N) is 1. The zero-order valence-corrected chi connectivity index (χ0v) is 13.2. The summed E-state index contributed by atoms with van der Waals surface area (Å²) >= 11 is 2.08. The SMILES string of the molecule is CCCC[N+]1=C(C(C)C)SC[C@@H]1Cc1ccccc1. The molecule has 2 rings (SSSR count). The van der Waals surface area contributed by atoms with Crippen molar-refractivity contribution in [2.24, 2.45) is 5.92 Å². The lowest BCUT2D eigenvalue weighted by atomic mass is 10.1. The Labute approximate surface area is 122 Å². The maximum atomic E-state index is 2.69. The van der Waals surface area contributed by atoms with E-state index in [2.05, 4.69) is 67.4 Å². The average Bonchev–Trinajstić information content (AvgIpc) is 2.80. The molecule has 0 unspecified atom stereocenters. The lowest BCUT2D eigenvalue weighted by Crippen LogP contribution is -2.30. The molecule has 0 aromatic heterocycles. The summed E-state index contributed by atoms with van der Waals surface area (Å²) in [6.45, 7) is 8.16. The summed E-state index contributed by atoms with van der Waals surface area (Å²) < 4.78 is 2.69. The monoisotopic (exact) mass is 276 g/mol. The van der Waals surface area contributed by atoms with Crippen molar-refractivity contribution in [3.05, 3.63) is 35.9 Å². The molecule has 1 aromatic carbocycles. The molecule has 1 heterocycles. The fourth-order valence-electron chi connectivity index (χ4n) is 2.71. The molecular weight excluding hydrogens is 250 g/mol. The van der Waals surface area contributed by atoms with E-state index in [1.807, 2.05) is 0 Å². The second-order valence-corrected chi connectivity index (χ2v) is 6.73. The number of thioether (sulfide) groups is 1. The van der Waals surface area contributed by atoms with Crippen LogP contribution in [0.15, 0.2) is 30.3 Å². The lowest BCUT2D eigenvalue weighted by molar-refractivity contribution is -0.557. The van der Waals surface area contributed by atoms with Crippen LogP contribution < -0.4 is 0 Å². The molecular formula is C17H26NS+. The maximum absolute atomic E-state index is 2.69. The fraction of sp³-hybridized carbons (Fsp3) is 0.588. The van der Waals surface area contributed by atoms with Gasteiger partial charge in [-0.3, -0.25) is 0 Å². The molecule has 0 aliphatic carbocycles. The third kappa shape index (κ3) is 3.85. The molecule has 104 valence electrons. The van der Waals surface area contributed by atoms with Crippen LogP contribution in [0.1, 0.15) is 39.2 Å². The highest BCUT2D eigenvalue weighted by Crippen LogP contribution is 2.25. The van der Waals surface area contributed by atoms with E-state index in [0.29, 0.717) is 12.0 Å². The van der Waals surface area contributed by atoms with Crippen LogP contribution >= 0.6 is 11.8 Å². The van der Waals surface area contributed by atoms with Gasteiger partial charge in [0.2, 0.25) is 5.04 Å². The average molecular weight is 276 g/mol. The Hall–Kier alpha value is -0.760. The molecule has 0 amide bonds. The highest BCUT2D eigenvalue weighted by molar-refractivity contribution is 8.13. The Bertz CT molecular complexity index is 422. The highest BCUT2D eigenvalue weighted by Gasteiger charge is 2.34. The van der Waals surface area contributed by atoms with Crippen LogP contribution in [-0.2, 0) is 6.42 Å². The van der Waals surface area contributed by atoms with Gasteiger partial charge in [-0.2, -0.15) is 0 Å². The third-order valence-corrected chi connectivity index (χ3v) is 5.26. The lowest BCUT2D eigenvalue weighted by Gasteiger charge is -2.12. The van der Waals surface area contributed by atoms with Gasteiger partial charge in [0.05, 0.1) is 5.75 Å². The van der Waals surface area contributed by atoms with Gasteiger partial charge < -0.3 is 0 Å². The Kier molecular flexibility index (Phi) is 5.50. The second kappa shape index (κ2) is 7.14. The molecule has 19 heavy (non-hydrogen) atoms. The first-order valence-electron chi connectivity index (χ1n) is 7.52. The van der Waals surface area contributed by atoms with Crippen molar-refractivity contribution in [3.8, 4) is 0 Å². The van der Waals surface area contributed by atoms with E-state index >= 15 is 0 Å². The van der Waals surface area contributed by atoms with Crippen molar-refractivity contribution in [3.63, 3.8) is 0 Å². The molecule has 1 atom stereocenters. The van der Waals surface area contributed by atoms with Gasteiger partial charge in [-0.05, 0) is 5.56 Å². The van der Waals surface area contributed by atoms with Gasteiger partial charge in [0, 0.05) is 18.8 Å². The van der Waals surface area contributed by atoms with E-state index < -0.39 is 0 Å². The zero-order valence-electron chi connectivity index (χ0n) is 12.4. The van der Waals surface area contributed by atoms with E-state index in [9.17, 15) is 0 Å². The van der Waals surface area contributed by atoms with Gasteiger partial charge in [-0.1, -0.05) is 69.3 Å². The summed E-state index contributed by atoms with van der Waals surface area (Å²) in [7, 11) is 0. The predicted molar refractivity (Wildman–Crippen MR) is 86.3 cm³/mol. The molecule has 0 bridgehead atoms. The van der Waals surface area contributed by atoms with Crippen LogP contribution in [0, 0.1) is 5.92 Å². The Morgan fingerprint density at radius 2 is 2.00 bits per heavy atom. The van der Waals surface area contributed by atoms with Crippen LogP contribution in [0.5, 0.6) is 0 Å². The number of rotatable bonds is 6. The molecule has 1 aliphatic rings. The van der Waals surface area contributed by atoms with E-state index in [1.165, 1.54) is 37.1 Å². The van der Waals surface area contributed by atoms with Gasteiger partial charge in [-0.15, -0.1) is 0 Å². The topological polar surface area (TPSA) is 3.01 Å². The van der Waals surface area contributed by atoms with Crippen molar-refractivity contribution >= 4 is 16.8 Å². The first-order chi connectivity index (χ1) is 9.22. The van der Waals surface area contributed by atoms with E-state index in [-0.39, 0.29) is 0 Å². The normalized spacial score (nSPS) is 19.5. The minimum Gasteiger partial charge on any atom is -0.224 e. The van der Waals surface area contributed by atoms with Gasteiger partial charge in [0.15, 0.2) is 6.04 Å². The van der Waals surface area contributed by atoms with Crippen molar-refractivity contribution in [2.75, 3.05) is 12.3 Å². The molecule has 0 saturated heterocycles. The first-order valence-corrected chi connectivity index (χ1v) is 8.51.